The number of ether oxygens (including phenoxy) is 1. The first-order chi connectivity index (χ1) is 6.45. The van der Waals surface area contributed by atoms with Crippen LogP contribution in [0.3, 0.4) is 0 Å². The molecule has 82 valence electrons. The van der Waals surface area contributed by atoms with Crippen LogP contribution in [-0.2, 0) is 14.3 Å². The molecule has 0 aliphatic rings. The summed E-state index contributed by atoms with van der Waals surface area (Å²) in [5.41, 5.74) is 0. The van der Waals surface area contributed by atoms with E-state index < -0.39 is 0 Å². The van der Waals surface area contributed by atoms with Gasteiger partial charge in [0.15, 0.2) is 0 Å². The quantitative estimate of drug-likeness (QED) is 0.487. The van der Waals surface area contributed by atoms with Gasteiger partial charge in [0, 0.05) is 5.92 Å². The fraction of sp³-hybridized carbons (Fsp3) is 0.818. The van der Waals surface area contributed by atoms with E-state index in [0.717, 1.165) is 12.7 Å². The van der Waals surface area contributed by atoms with Gasteiger partial charge < -0.3 is 9.53 Å². The van der Waals surface area contributed by atoms with E-state index in [1.807, 2.05) is 13.8 Å². The summed E-state index contributed by atoms with van der Waals surface area (Å²) in [6.07, 6.45) is 1.70. The van der Waals surface area contributed by atoms with Gasteiger partial charge >= 0.3 is 5.97 Å². The summed E-state index contributed by atoms with van der Waals surface area (Å²) in [7, 11) is 0. The van der Waals surface area contributed by atoms with E-state index in [0.29, 0.717) is 5.92 Å². The van der Waals surface area contributed by atoms with Crippen LogP contribution in [-0.4, -0.2) is 18.4 Å². The molecular formula is C11H20O3. The highest BCUT2D eigenvalue weighted by atomic mass is 16.5. The molecule has 14 heavy (non-hydrogen) atoms. The summed E-state index contributed by atoms with van der Waals surface area (Å²) < 4.78 is 4.97. The minimum atomic E-state index is -0.280. The predicted molar refractivity (Wildman–Crippen MR) is 54.9 cm³/mol. The van der Waals surface area contributed by atoms with Crippen LogP contribution in [0.5, 0.6) is 0 Å². The Morgan fingerprint density at radius 3 is 2.21 bits per heavy atom. The lowest BCUT2D eigenvalue weighted by atomic mass is 9.96. The fourth-order valence-corrected chi connectivity index (χ4v) is 1.32. The lowest BCUT2D eigenvalue weighted by molar-refractivity contribution is -0.149. The van der Waals surface area contributed by atoms with E-state index in [2.05, 4.69) is 0 Å². The van der Waals surface area contributed by atoms with Crippen LogP contribution >= 0.6 is 0 Å². The Kier molecular flexibility index (Phi) is 6.17. The first-order valence-corrected chi connectivity index (χ1v) is 5.10. The SMILES string of the molecule is CC(C)CC(C=O)CC(=O)OC(C)C. The van der Waals surface area contributed by atoms with Crippen molar-refractivity contribution in [3.63, 3.8) is 0 Å². The third kappa shape index (κ3) is 6.63. The maximum absolute atomic E-state index is 11.2. The molecule has 0 aromatic rings. The van der Waals surface area contributed by atoms with Gasteiger partial charge in [-0.3, -0.25) is 4.79 Å². The van der Waals surface area contributed by atoms with Gasteiger partial charge in [-0.05, 0) is 26.2 Å². The second kappa shape index (κ2) is 6.57. The summed E-state index contributed by atoms with van der Waals surface area (Å²) in [6.45, 7) is 7.67. The second-order valence-electron chi connectivity index (χ2n) is 4.27. The molecule has 3 nitrogen and oxygen atoms in total. The fourth-order valence-electron chi connectivity index (χ4n) is 1.32. The largest absolute Gasteiger partial charge is 0.463 e. The summed E-state index contributed by atoms with van der Waals surface area (Å²) in [5.74, 6) is -0.0453. The average molecular weight is 200 g/mol. The zero-order valence-corrected chi connectivity index (χ0v) is 9.45. The molecule has 0 aliphatic heterocycles. The van der Waals surface area contributed by atoms with Crippen molar-refractivity contribution >= 4 is 12.3 Å². The Morgan fingerprint density at radius 1 is 1.29 bits per heavy atom. The van der Waals surface area contributed by atoms with Crippen LogP contribution in [0.25, 0.3) is 0 Å². The summed E-state index contributed by atoms with van der Waals surface area (Å²) in [4.78, 5) is 21.9. The Hall–Kier alpha value is -0.860. The Morgan fingerprint density at radius 2 is 1.86 bits per heavy atom. The Labute approximate surface area is 85.8 Å². The van der Waals surface area contributed by atoms with Crippen LogP contribution in [0.1, 0.15) is 40.5 Å². The highest BCUT2D eigenvalue weighted by molar-refractivity contribution is 5.73. The monoisotopic (exact) mass is 200 g/mol. The summed E-state index contributed by atoms with van der Waals surface area (Å²) in [6, 6.07) is 0. The minimum absolute atomic E-state index is 0.103. The normalized spacial score (nSPS) is 13.0. The smallest absolute Gasteiger partial charge is 0.306 e. The van der Waals surface area contributed by atoms with Gasteiger partial charge in [-0.25, -0.2) is 0 Å². The maximum Gasteiger partial charge on any atom is 0.306 e. The van der Waals surface area contributed by atoms with Crippen LogP contribution < -0.4 is 0 Å². The molecule has 0 saturated carbocycles. The van der Waals surface area contributed by atoms with Crippen LogP contribution in [0, 0.1) is 11.8 Å². The molecule has 0 aromatic heterocycles. The van der Waals surface area contributed by atoms with Gasteiger partial charge in [-0.2, -0.15) is 0 Å². The van der Waals surface area contributed by atoms with Gasteiger partial charge in [0.2, 0.25) is 0 Å². The standard InChI is InChI=1S/C11H20O3/c1-8(2)5-10(7-12)6-11(13)14-9(3)4/h7-10H,5-6H2,1-4H3. The second-order valence-corrected chi connectivity index (χ2v) is 4.27. The lowest BCUT2D eigenvalue weighted by Gasteiger charge is -2.13. The van der Waals surface area contributed by atoms with Gasteiger partial charge in [-0.1, -0.05) is 13.8 Å². The van der Waals surface area contributed by atoms with Crippen molar-refractivity contribution in [2.75, 3.05) is 0 Å². The van der Waals surface area contributed by atoms with Gasteiger partial charge in [-0.15, -0.1) is 0 Å². The van der Waals surface area contributed by atoms with Crippen LogP contribution in [0.15, 0.2) is 0 Å². The van der Waals surface area contributed by atoms with Crippen molar-refractivity contribution in [3.05, 3.63) is 0 Å². The maximum atomic E-state index is 11.2. The molecule has 0 amide bonds. The molecule has 1 atom stereocenters. The molecular weight excluding hydrogens is 180 g/mol. The number of carbonyl (C=O) groups is 2. The molecule has 0 radical (unpaired) electrons. The van der Waals surface area contributed by atoms with E-state index in [9.17, 15) is 9.59 Å². The minimum Gasteiger partial charge on any atom is -0.463 e. The topological polar surface area (TPSA) is 43.4 Å². The number of carbonyl (C=O) groups excluding carboxylic acids is 2. The molecule has 3 heteroatoms. The number of rotatable bonds is 6. The average Bonchev–Trinajstić information content (AvgIpc) is 2.00. The third-order valence-electron chi connectivity index (χ3n) is 1.76. The van der Waals surface area contributed by atoms with Crippen molar-refractivity contribution in [2.45, 2.75) is 46.6 Å². The number of esters is 1. The lowest BCUT2D eigenvalue weighted by Crippen LogP contribution is -2.17. The van der Waals surface area contributed by atoms with E-state index >= 15 is 0 Å². The van der Waals surface area contributed by atoms with Crippen molar-refractivity contribution in [3.8, 4) is 0 Å². The van der Waals surface area contributed by atoms with Gasteiger partial charge in [0.1, 0.15) is 6.29 Å². The van der Waals surface area contributed by atoms with Crippen LogP contribution in [0.4, 0.5) is 0 Å². The van der Waals surface area contributed by atoms with Gasteiger partial charge in [0.05, 0.1) is 12.5 Å². The molecule has 0 saturated heterocycles. The van der Waals surface area contributed by atoms with E-state index in [1.165, 1.54) is 0 Å². The van der Waals surface area contributed by atoms with Crippen molar-refractivity contribution in [1.82, 2.24) is 0 Å². The molecule has 0 fully saturated rings. The summed E-state index contributed by atoms with van der Waals surface area (Å²) in [5, 5.41) is 0. The van der Waals surface area contributed by atoms with E-state index in [1.54, 1.807) is 13.8 Å². The van der Waals surface area contributed by atoms with Crippen LogP contribution in [0.2, 0.25) is 0 Å². The molecule has 0 bridgehead atoms. The molecule has 0 aliphatic carbocycles. The van der Waals surface area contributed by atoms with Crippen molar-refractivity contribution in [2.24, 2.45) is 11.8 Å². The molecule has 0 spiro atoms. The zero-order valence-electron chi connectivity index (χ0n) is 9.45. The Balaban J connectivity index is 3.92. The molecule has 1 unspecified atom stereocenters. The van der Waals surface area contributed by atoms with Crippen molar-refractivity contribution < 1.29 is 14.3 Å². The van der Waals surface area contributed by atoms with Crippen molar-refractivity contribution in [1.29, 1.82) is 0 Å². The molecule has 0 aromatic carbocycles. The molecule has 0 heterocycles. The highest BCUT2D eigenvalue weighted by Gasteiger charge is 2.16. The van der Waals surface area contributed by atoms with E-state index in [4.69, 9.17) is 4.74 Å². The van der Waals surface area contributed by atoms with E-state index in [-0.39, 0.29) is 24.4 Å². The predicted octanol–water partition coefficient (Wildman–Crippen LogP) is 2.19. The zero-order chi connectivity index (χ0) is 11.1. The number of hydrogen-bond donors (Lipinski definition) is 0. The molecule has 0 N–H and O–H groups in total. The third-order valence-corrected chi connectivity index (χ3v) is 1.76. The number of aldehydes is 1. The van der Waals surface area contributed by atoms with Gasteiger partial charge in [0.25, 0.3) is 0 Å². The first kappa shape index (κ1) is 13.1. The first-order valence-electron chi connectivity index (χ1n) is 5.10. The highest BCUT2D eigenvalue weighted by Crippen LogP contribution is 2.14. The molecule has 0 rings (SSSR count). The Bertz CT molecular complexity index is 185. The summed E-state index contributed by atoms with van der Waals surface area (Å²) >= 11 is 0. The number of hydrogen-bond acceptors (Lipinski definition) is 3.